The largest absolute Gasteiger partial charge is 0.390 e. The van der Waals surface area contributed by atoms with Crippen LogP contribution in [0, 0.1) is 0 Å². The van der Waals surface area contributed by atoms with Crippen molar-refractivity contribution in [1.82, 2.24) is 29.6 Å². The van der Waals surface area contributed by atoms with Crippen LogP contribution >= 0.6 is 0 Å². The molecule has 1 aliphatic rings. The van der Waals surface area contributed by atoms with E-state index in [0.717, 1.165) is 54.0 Å². The van der Waals surface area contributed by atoms with Crippen molar-refractivity contribution in [3.63, 3.8) is 0 Å². The molecular formula is C25H27N7O2. The van der Waals surface area contributed by atoms with Gasteiger partial charge in [0, 0.05) is 74.0 Å². The molecule has 5 heterocycles. The molecule has 4 aromatic rings. The number of anilines is 1. The van der Waals surface area contributed by atoms with E-state index in [-0.39, 0.29) is 18.8 Å². The molecule has 0 unspecified atom stereocenters. The Hall–Kier alpha value is -3.69. The topological polar surface area (TPSA) is 100 Å². The number of aryl methyl sites for hydroxylation is 1. The number of piperazine rings is 1. The third-order valence-electron chi connectivity index (χ3n) is 6.38. The Morgan fingerprint density at radius 1 is 0.971 bits per heavy atom. The fraction of sp³-hybridized carbons (Fsp3) is 0.320. The molecule has 0 bridgehead atoms. The summed E-state index contributed by atoms with van der Waals surface area (Å²) in [6.45, 7) is 3.65. The maximum Gasteiger partial charge on any atom is 0.169 e. The lowest BCUT2D eigenvalue weighted by Crippen LogP contribution is -2.44. The summed E-state index contributed by atoms with van der Waals surface area (Å²) in [5.41, 5.74) is 3.55. The summed E-state index contributed by atoms with van der Waals surface area (Å²) in [5, 5.41) is 15.7. The second kappa shape index (κ2) is 9.28. The third kappa shape index (κ3) is 4.40. The first kappa shape index (κ1) is 22.1. The Balaban J connectivity index is 1.37. The maximum atomic E-state index is 13.1. The first-order valence-electron chi connectivity index (χ1n) is 11.3. The van der Waals surface area contributed by atoms with E-state index in [1.54, 1.807) is 42.6 Å². The number of nitrogens with zero attached hydrogens (tertiary/aromatic N) is 7. The smallest absolute Gasteiger partial charge is 0.169 e. The number of Topliss-reactive ketones (excluding diaryl/α,β-unsaturated/α-hetero) is 1. The standard InChI is InChI=1S/C25H27N7O2/c1-30-5-7-32(8-6-30)25-11-17(3-4-26-25)24(34)12-20-9-18-10-22(28-14-19(18)13-27-20)21-15-29-31(2)23(21)16-33/h3-4,9-11,13-15,33H,5-8,12,16H2,1-2H3. The molecule has 4 aromatic heterocycles. The van der Waals surface area contributed by atoms with E-state index in [2.05, 4.69) is 36.9 Å². The van der Waals surface area contributed by atoms with Crippen LogP contribution in [0.25, 0.3) is 22.0 Å². The summed E-state index contributed by atoms with van der Waals surface area (Å²) in [6, 6.07) is 7.52. The molecular weight excluding hydrogens is 430 g/mol. The van der Waals surface area contributed by atoms with E-state index < -0.39 is 0 Å². The second-order valence-electron chi connectivity index (χ2n) is 8.67. The predicted octanol–water partition coefficient (Wildman–Crippen LogP) is 2.09. The monoisotopic (exact) mass is 457 g/mol. The van der Waals surface area contributed by atoms with E-state index in [1.165, 1.54) is 0 Å². The van der Waals surface area contributed by atoms with Crippen LogP contribution in [-0.2, 0) is 20.1 Å². The van der Waals surface area contributed by atoms with Gasteiger partial charge in [0.05, 0.1) is 30.6 Å². The predicted molar refractivity (Wildman–Crippen MR) is 130 cm³/mol. The second-order valence-corrected chi connectivity index (χ2v) is 8.67. The minimum atomic E-state index is -0.121. The number of hydrogen-bond acceptors (Lipinski definition) is 8. The number of carbonyl (C=O) groups excluding carboxylic acids is 1. The van der Waals surface area contributed by atoms with Gasteiger partial charge in [0.2, 0.25) is 0 Å². The summed E-state index contributed by atoms with van der Waals surface area (Å²) in [4.78, 5) is 31.1. The van der Waals surface area contributed by atoms with Gasteiger partial charge >= 0.3 is 0 Å². The first-order chi connectivity index (χ1) is 16.5. The molecule has 9 nitrogen and oxygen atoms in total. The fourth-order valence-electron chi connectivity index (χ4n) is 4.26. The average molecular weight is 458 g/mol. The van der Waals surface area contributed by atoms with E-state index in [9.17, 15) is 9.90 Å². The highest BCUT2D eigenvalue weighted by Crippen LogP contribution is 2.25. The van der Waals surface area contributed by atoms with Crippen LogP contribution in [0.5, 0.6) is 0 Å². The highest BCUT2D eigenvalue weighted by molar-refractivity contribution is 5.98. The van der Waals surface area contributed by atoms with Crippen molar-refractivity contribution < 1.29 is 9.90 Å². The van der Waals surface area contributed by atoms with E-state index in [4.69, 9.17) is 0 Å². The zero-order valence-electron chi connectivity index (χ0n) is 19.3. The van der Waals surface area contributed by atoms with E-state index in [1.807, 2.05) is 18.2 Å². The number of fused-ring (bicyclic) bond motifs is 1. The van der Waals surface area contributed by atoms with E-state index in [0.29, 0.717) is 17.0 Å². The van der Waals surface area contributed by atoms with E-state index >= 15 is 0 Å². The Labute approximate surface area is 197 Å². The molecule has 34 heavy (non-hydrogen) atoms. The minimum absolute atomic E-state index is 0.00809. The van der Waals surface area contributed by atoms with Crippen LogP contribution in [-0.4, -0.2) is 73.7 Å². The van der Waals surface area contributed by atoms with Gasteiger partial charge < -0.3 is 14.9 Å². The number of carbonyl (C=O) groups is 1. The fourth-order valence-corrected chi connectivity index (χ4v) is 4.26. The van der Waals surface area contributed by atoms with Crippen molar-refractivity contribution in [2.24, 2.45) is 7.05 Å². The van der Waals surface area contributed by atoms with Crippen LogP contribution < -0.4 is 4.90 Å². The van der Waals surface area contributed by atoms with Gasteiger partial charge in [-0.25, -0.2) is 4.98 Å². The molecule has 1 aliphatic heterocycles. The Kier molecular flexibility index (Phi) is 6.04. The van der Waals surface area contributed by atoms with Gasteiger partial charge in [-0.1, -0.05) is 0 Å². The van der Waals surface area contributed by atoms with Crippen molar-refractivity contribution in [1.29, 1.82) is 0 Å². The molecule has 0 spiro atoms. The van der Waals surface area contributed by atoms with Crippen molar-refractivity contribution in [3.05, 3.63) is 66.0 Å². The normalized spacial score (nSPS) is 14.6. The quantitative estimate of drug-likeness (QED) is 0.440. The summed E-state index contributed by atoms with van der Waals surface area (Å²) in [7, 11) is 3.90. The molecule has 1 fully saturated rings. The van der Waals surface area contributed by atoms with Crippen LogP contribution in [0.15, 0.2) is 49.1 Å². The third-order valence-corrected chi connectivity index (χ3v) is 6.38. The van der Waals surface area contributed by atoms with Gasteiger partial charge in [-0.2, -0.15) is 5.10 Å². The van der Waals surface area contributed by atoms with Crippen molar-refractivity contribution in [2.75, 3.05) is 38.1 Å². The Bertz CT molecular complexity index is 1340. The molecule has 5 rings (SSSR count). The van der Waals surface area contributed by atoms with Gasteiger partial charge in [0.25, 0.3) is 0 Å². The molecule has 9 heteroatoms. The van der Waals surface area contributed by atoms with Crippen LogP contribution in [0.4, 0.5) is 5.82 Å². The number of pyridine rings is 3. The van der Waals surface area contributed by atoms with Gasteiger partial charge in [-0.05, 0) is 36.7 Å². The SMILES string of the molecule is CN1CCN(c2cc(C(=O)Cc3cc4cc(-c5cnn(C)c5CO)ncc4cn3)ccn2)CC1. The lowest BCUT2D eigenvalue weighted by atomic mass is 10.0. The molecule has 1 saturated heterocycles. The van der Waals surface area contributed by atoms with Gasteiger partial charge in [-0.3, -0.25) is 19.4 Å². The number of aliphatic hydroxyl groups excluding tert-OH is 1. The molecule has 1 N–H and O–H groups in total. The maximum absolute atomic E-state index is 13.1. The number of rotatable bonds is 6. The minimum Gasteiger partial charge on any atom is -0.390 e. The molecule has 0 saturated carbocycles. The van der Waals surface area contributed by atoms with Crippen molar-refractivity contribution in [3.8, 4) is 11.3 Å². The Morgan fingerprint density at radius 3 is 2.56 bits per heavy atom. The van der Waals surface area contributed by atoms with Gasteiger partial charge in [0.15, 0.2) is 5.78 Å². The Morgan fingerprint density at radius 2 is 1.76 bits per heavy atom. The molecule has 0 atom stereocenters. The van der Waals surface area contributed by atoms with Crippen molar-refractivity contribution >= 4 is 22.4 Å². The van der Waals surface area contributed by atoms with Crippen molar-refractivity contribution in [2.45, 2.75) is 13.0 Å². The first-order valence-corrected chi connectivity index (χ1v) is 11.3. The number of hydrogen-bond donors (Lipinski definition) is 1. The van der Waals surface area contributed by atoms with Crippen LogP contribution in [0.1, 0.15) is 21.7 Å². The summed E-state index contributed by atoms with van der Waals surface area (Å²) in [6.07, 6.45) is 7.11. The summed E-state index contributed by atoms with van der Waals surface area (Å²) >= 11 is 0. The molecule has 0 aromatic carbocycles. The van der Waals surface area contributed by atoms with Gasteiger partial charge in [0.1, 0.15) is 5.82 Å². The number of aliphatic hydroxyl groups is 1. The number of likely N-dealkylation sites (N-methyl/N-ethyl adjacent to an activating group) is 1. The lowest BCUT2D eigenvalue weighted by molar-refractivity contribution is 0.0992. The molecule has 0 aliphatic carbocycles. The highest BCUT2D eigenvalue weighted by atomic mass is 16.3. The number of ketones is 1. The van der Waals surface area contributed by atoms with Crippen LogP contribution in [0.3, 0.4) is 0 Å². The summed E-state index contributed by atoms with van der Waals surface area (Å²) in [5.74, 6) is 0.853. The zero-order valence-corrected chi connectivity index (χ0v) is 19.3. The average Bonchev–Trinajstić information content (AvgIpc) is 3.24. The number of aromatic nitrogens is 5. The highest BCUT2D eigenvalue weighted by Gasteiger charge is 2.17. The van der Waals surface area contributed by atoms with Gasteiger partial charge in [-0.15, -0.1) is 0 Å². The molecule has 174 valence electrons. The van der Waals surface area contributed by atoms with Crippen LogP contribution in [0.2, 0.25) is 0 Å². The zero-order chi connectivity index (χ0) is 23.7. The molecule has 0 amide bonds. The lowest BCUT2D eigenvalue weighted by Gasteiger charge is -2.33. The molecule has 0 radical (unpaired) electrons. The summed E-state index contributed by atoms with van der Waals surface area (Å²) < 4.78 is 1.64.